The van der Waals surface area contributed by atoms with Gasteiger partial charge in [0.2, 0.25) is 0 Å². The molecular formula is C13H8ClIO3S. The minimum absolute atomic E-state index is 0.0962. The van der Waals surface area contributed by atoms with Crippen LogP contribution in [0.25, 0.3) is 0 Å². The monoisotopic (exact) mass is 406 g/mol. The predicted octanol–water partition coefficient (Wildman–Crippen LogP) is 4.01. The molecule has 2 heterocycles. The molecule has 1 aliphatic heterocycles. The molecule has 0 fully saturated rings. The molecule has 98 valence electrons. The quantitative estimate of drug-likeness (QED) is 0.558. The van der Waals surface area contributed by atoms with Gasteiger partial charge in [-0.25, -0.2) is 0 Å². The number of hydrogen-bond acceptors (Lipinski definition) is 4. The number of benzene rings is 1. The molecule has 0 bridgehead atoms. The lowest BCUT2D eigenvalue weighted by Gasteiger charge is -2.19. The number of thiophene rings is 1. The first-order valence-electron chi connectivity index (χ1n) is 5.53. The van der Waals surface area contributed by atoms with Crippen molar-refractivity contribution in [3.8, 4) is 11.5 Å². The highest BCUT2D eigenvalue weighted by Crippen LogP contribution is 2.36. The molecule has 1 aromatic carbocycles. The number of carbonyl (C=O) groups excluding carboxylic acids is 1. The van der Waals surface area contributed by atoms with E-state index in [1.807, 2.05) is 11.4 Å². The molecule has 19 heavy (non-hydrogen) atoms. The fourth-order valence-electron chi connectivity index (χ4n) is 1.82. The van der Waals surface area contributed by atoms with Gasteiger partial charge in [0.25, 0.3) is 0 Å². The van der Waals surface area contributed by atoms with E-state index in [0.29, 0.717) is 40.9 Å². The topological polar surface area (TPSA) is 35.5 Å². The zero-order chi connectivity index (χ0) is 13.4. The number of rotatable bonds is 2. The number of hydrogen-bond donors (Lipinski definition) is 0. The summed E-state index contributed by atoms with van der Waals surface area (Å²) in [6.07, 6.45) is 0. The van der Waals surface area contributed by atoms with Gasteiger partial charge in [-0.2, -0.15) is 0 Å². The standard InChI is InChI=1S/C13H8ClIO3S/c14-9-5-11-10(17-1-2-18-11)4-8(9)13(16)7-3-12(15)19-6-7/h3-6H,1-2H2. The van der Waals surface area contributed by atoms with Crippen molar-refractivity contribution in [2.45, 2.75) is 0 Å². The predicted molar refractivity (Wildman–Crippen MR) is 82.9 cm³/mol. The van der Waals surface area contributed by atoms with Crippen molar-refractivity contribution in [3.63, 3.8) is 0 Å². The third-order valence-corrected chi connectivity index (χ3v) is 4.81. The molecular weight excluding hydrogens is 399 g/mol. The highest BCUT2D eigenvalue weighted by molar-refractivity contribution is 14.1. The van der Waals surface area contributed by atoms with Crippen LogP contribution < -0.4 is 9.47 Å². The van der Waals surface area contributed by atoms with E-state index < -0.39 is 0 Å². The summed E-state index contributed by atoms with van der Waals surface area (Å²) in [6.45, 7) is 0.984. The molecule has 0 spiro atoms. The highest BCUT2D eigenvalue weighted by atomic mass is 127. The summed E-state index contributed by atoms with van der Waals surface area (Å²) in [7, 11) is 0. The molecule has 3 rings (SSSR count). The minimum atomic E-state index is -0.0962. The molecule has 0 unspecified atom stereocenters. The Morgan fingerprint density at radius 3 is 2.53 bits per heavy atom. The lowest BCUT2D eigenvalue weighted by atomic mass is 10.1. The van der Waals surface area contributed by atoms with E-state index in [1.165, 1.54) is 11.3 Å². The Bertz CT molecular complexity index is 653. The lowest BCUT2D eigenvalue weighted by Crippen LogP contribution is -2.16. The van der Waals surface area contributed by atoms with Gasteiger partial charge in [0.15, 0.2) is 17.3 Å². The molecule has 3 nitrogen and oxygen atoms in total. The van der Waals surface area contributed by atoms with Crippen molar-refractivity contribution in [2.75, 3.05) is 13.2 Å². The zero-order valence-electron chi connectivity index (χ0n) is 9.61. The molecule has 0 radical (unpaired) electrons. The van der Waals surface area contributed by atoms with Crippen LogP contribution in [0.3, 0.4) is 0 Å². The molecule has 0 atom stereocenters. The molecule has 0 amide bonds. The second-order valence-electron chi connectivity index (χ2n) is 3.94. The highest BCUT2D eigenvalue weighted by Gasteiger charge is 2.20. The maximum Gasteiger partial charge on any atom is 0.195 e. The first-order valence-corrected chi connectivity index (χ1v) is 7.86. The molecule has 0 aliphatic carbocycles. The van der Waals surface area contributed by atoms with E-state index in [0.717, 1.165) is 2.88 Å². The van der Waals surface area contributed by atoms with Gasteiger partial charge < -0.3 is 9.47 Å². The molecule has 0 saturated carbocycles. The maximum atomic E-state index is 12.4. The maximum absolute atomic E-state index is 12.4. The second kappa shape index (κ2) is 5.30. The second-order valence-corrected chi connectivity index (χ2v) is 7.16. The van der Waals surface area contributed by atoms with Gasteiger partial charge in [-0.3, -0.25) is 4.79 Å². The van der Waals surface area contributed by atoms with Gasteiger partial charge in [-0.1, -0.05) is 11.6 Å². The largest absolute Gasteiger partial charge is 0.486 e. The molecule has 2 aromatic rings. The number of halogens is 2. The Morgan fingerprint density at radius 1 is 1.21 bits per heavy atom. The fourth-order valence-corrected chi connectivity index (χ4v) is 3.39. The number of carbonyl (C=O) groups is 1. The van der Waals surface area contributed by atoms with Gasteiger partial charge in [0, 0.05) is 22.6 Å². The summed E-state index contributed by atoms with van der Waals surface area (Å²) in [5, 5.41) is 2.22. The fraction of sp³-hybridized carbons (Fsp3) is 0.154. The van der Waals surface area contributed by atoms with Crippen LogP contribution >= 0.6 is 45.5 Å². The molecule has 1 aromatic heterocycles. The normalized spacial score (nSPS) is 13.4. The summed E-state index contributed by atoms with van der Waals surface area (Å²) in [5.74, 6) is 1.07. The van der Waals surface area contributed by atoms with Crippen LogP contribution in [-0.2, 0) is 0 Å². The first kappa shape index (κ1) is 13.2. The van der Waals surface area contributed by atoms with Crippen LogP contribution in [0.15, 0.2) is 23.6 Å². The average molecular weight is 407 g/mol. The van der Waals surface area contributed by atoms with E-state index in [9.17, 15) is 4.79 Å². The van der Waals surface area contributed by atoms with Gasteiger partial charge in [-0.05, 0) is 34.7 Å². The third kappa shape index (κ3) is 2.59. The Labute approximate surface area is 132 Å². The summed E-state index contributed by atoms with van der Waals surface area (Å²) in [5.41, 5.74) is 1.09. The Kier molecular flexibility index (Phi) is 3.68. The summed E-state index contributed by atoms with van der Waals surface area (Å²) >= 11 is 9.87. The van der Waals surface area contributed by atoms with Crippen LogP contribution in [0.4, 0.5) is 0 Å². The third-order valence-electron chi connectivity index (χ3n) is 2.71. The summed E-state index contributed by atoms with van der Waals surface area (Å²) < 4.78 is 12.0. The van der Waals surface area contributed by atoms with Crippen molar-refractivity contribution in [2.24, 2.45) is 0 Å². The van der Waals surface area contributed by atoms with Crippen LogP contribution in [0.5, 0.6) is 11.5 Å². The first-order chi connectivity index (χ1) is 9.15. The van der Waals surface area contributed by atoms with Crippen LogP contribution in [0.1, 0.15) is 15.9 Å². The molecule has 0 N–H and O–H groups in total. The zero-order valence-corrected chi connectivity index (χ0v) is 13.3. The Balaban J connectivity index is 2.03. The van der Waals surface area contributed by atoms with E-state index in [1.54, 1.807) is 12.1 Å². The molecule has 1 aliphatic rings. The number of fused-ring (bicyclic) bond motifs is 1. The van der Waals surface area contributed by atoms with Gasteiger partial charge in [0.05, 0.1) is 7.91 Å². The summed E-state index contributed by atoms with van der Waals surface area (Å²) in [4.78, 5) is 12.4. The van der Waals surface area contributed by atoms with E-state index in [4.69, 9.17) is 21.1 Å². The average Bonchev–Trinajstić information content (AvgIpc) is 2.84. The van der Waals surface area contributed by atoms with Crippen LogP contribution in [0, 0.1) is 2.88 Å². The number of ketones is 1. The van der Waals surface area contributed by atoms with Crippen molar-refractivity contribution in [1.29, 1.82) is 0 Å². The van der Waals surface area contributed by atoms with E-state index in [-0.39, 0.29) is 5.78 Å². The van der Waals surface area contributed by atoms with Crippen molar-refractivity contribution < 1.29 is 14.3 Å². The lowest BCUT2D eigenvalue weighted by molar-refractivity contribution is 0.103. The molecule has 0 saturated heterocycles. The van der Waals surface area contributed by atoms with Gasteiger partial charge >= 0.3 is 0 Å². The minimum Gasteiger partial charge on any atom is -0.486 e. The van der Waals surface area contributed by atoms with Crippen molar-refractivity contribution in [1.82, 2.24) is 0 Å². The summed E-state index contributed by atoms with van der Waals surface area (Å²) in [6, 6.07) is 5.14. The van der Waals surface area contributed by atoms with Crippen molar-refractivity contribution >= 4 is 51.3 Å². The van der Waals surface area contributed by atoms with Gasteiger partial charge in [-0.15, -0.1) is 11.3 Å². The Morgan fingerprint density at radius 2 is 1.89 bits per heavy atom. The van der Waals surface area contributed by atoms with Gasteiger partial charge in [0.1, 0.15) is 13.2 Å². The molecule has 6 heteroatoms. The van der Waals surface area contributed by atoms with Crippen LogP contribution in [0.2, 0.25) is 5.02 Å². The van der Waals surface area contributed by atoms with E-state index in [2.05, 4.69) is 22.6 Å². The SMILES string of the molecule is O=C(c1csc(I)c1)c1cc2c(cc1Cl)OCCO2. The smallest absolute Gasteiger partial charge is 0.195 e. The number of ether oxygens (including phenoxy) is 2. The van der Waals surface area contributed by atoms with E-state index >= 15 is 0 Å². The Hall–Kier alpha value is -0.790. The van der Waals surface area contributed by atoms with Crippen LogP contribution in [-0.4, -0.2) is 19.0 Å². The van der Waals surface area contributed by atoms with Crippen molar-refractivity contribution in [3.05, 3.63) is 42.6 Å².